The van der Waals surface area contributed by atoms with E-state index in [0.29, 0.717) is 25.1 Å². The number of hydrogen-bond donors (Lipinski definition) is 1. The Labute approximate surface area is 123 Å². The molecule has 0 bridgehead atoms. The van der Waals surface area contributed by atoms with E-state index >= 15 is 0 Å². The molecule has 6 heteroatoms. The lowest BCUT2D eigenvalue weighted by Gasteiger charge is -2.21. The van der Waals surface area contributed by atoms with E-state index in [0.717, 1.165) is 11.3 Å². The van der Waals surface area contributed by atoms with Crippen molar-refractivity contribution in [2.45, 2.75) is 25.8 Å². The highest BCUT2D eigenvalue weighted by atomic mass is 16.5. The van der Waals surface area contributed by atoms with Crippen molar-refractivity contribution in [3.63, 3.8) is 0 Å². The molecule has 114 valence electrons. The van der Waals surface area contributed by atoms with Crippen LogP contribution in [0.2, 0.25) is 0 Å². The second-order valence-corrected chi connectivity index (χ2v) is 5.00. The summed E-state index contributed by atoms with van der Waals surface area (Å²) in [5.74, 6) is 0.0568. The first-order valence-electron chi connectivity index (χ1n) is 6.82. The van der Waals surface area contributed by atoms with Crippen molar-refractivity contribution in [3.8, 4) is 11.5 Å². The lowest BCUT2D eigenvalue weighted by molar-refractivity contribution is -0.148. The topological polar surface area (TPSA) is 76.1 Å². The second kappa shape index (κ2) is 6.47. The number of carboxylic acid groups (broad SMARTS) is 1. The van der Waals surface area contributed by atoms with Gasteiger partial charge in [-0.2, -0.15) is 0 Å². The lowest BCUT2D eigenvalue weighted by atomic mass is 10.2. The molecule has 1 amide bonds. The number of carbonyl (C=O) groups excluding carboxylic acids is 1. The van der Waals surface area contributed by atoms with Gasteiger partial charge in [0.2, 0.25) is 0 Å². The minimum Gasteiger partial charge on any atom is -0.496 e. The van der Waals surface area contributed by atoms with Gasteiger partial charge in [0.1, 0.15) is 17.5 Å². The van der Waals surface area contributed by atoms with Gasteiger partial charge in [-0.15, -0.1) is 0 Å². The molecule has 1 aliphatic rings. The van der Waals surface area contributed by atoms with Gasteiger partial charge in [-0.25, -0.2) is 4.79 Å². The first-order valence-corrected chi connectivity index (χ1v) is 6.82. The lowest BCUT2D eigenvalue weighted by Crippen LogP contribution is -2.42. The number of methoxy groups -OCH3 is 1. The van der Waals surface area contributed by atoms with Crippen molar-refractivity contribution in [3.05, 3.63) is 23.8 Å². The first kappa shape index (κ1) is 15.2. The van der Waals surface area contributed by atoms with Crippen LogP contribution < -0.4 is 9.47 Å². The Morgan fingerprint density at radius 2 is 2.19 bits per heavy atom. The van der Waals surface area contributed by atoms with Crippen LogP contribution in [0.3, 0.4) is 0 Å². The average Bonchev–Trinajstić information content (AvgIpc) is 2.94. The average molecular weight is 293 g/mol. The zero-order valence-corrected chi connectivity index (χ0v) is 12.2. The smallest absolute Gasteiger partial charge is 0.326 e. The maximum absolute atomic E-state index is 12.1. The molecule has 0 radical (unpaired) electrons. The predicted molar refractivity (Wildman–Crippen MR) is 75.6 cm³/mol. The highest BCUT2D eigenvalue weighted by Crippen LogP contribution is 2.23. The van der Waals surface area contributed by atoms with Gasteiger partial charge in [0.05, 0.1) is 7.11 Å². The molecule has 1 saturated heterocycles. The Balaban J connectivity index is 1.95. The molecule has 0 aromatic heterocycles. The number of ether oxygens (including phenoxy) is 2. The number of benzene rings is 1. The Morgan fingerprint density at radius 3 is 2.81 bits per heavy atom. The number of carbonyl (C=O) groups is 2. The van der Waals surface area contributed by atoms with Crippen LogP contribution in [0.25, 0.3) is 0 Å². The number of hydrogen-bond acceptors (Lipinski definition) is 4. The maximum Gasteiger partial charge on any atom is 0.326 e. The van der Waals surface area contributed by atoms with E-state index in [4.69, 9.17) is 14.6 Å². The molecule has 1 heterocycles. The summed E-state index contributed by atoms with van der Waals surface area (Å²) in [7, 11) is 1.59. The molecule has 0 unspecified atom stereocenters. The fraction of sp³-hybridized carbons (Fsp3) is 0.467. The largest absolute Gasteiger partial charge is 0.496 e. The van der Waals surface area contributed by atoms with E-state index in [1.807, 2.05) is 6.92 Å². The van der Waals surface area contributed by atoms with Crippen molar-refractivity contribution >= 4 is 11.9 Å². The summed E-state index contributed by atoms with van der Waals surface area (Å²) in [6.07, 6.45) is 1.22. The van der Waals surface area contributed by atoms with Gasteiger partial charge in [-0.05, 0) is 43.5 Å². The highest BCUT2D eigenvalue weighted by molar-refractivity contribution is 5.85. The second-order valence-electron chi connectivity index (χ2n) is 5.00. The normalized spacial score (nSPS) is 17.6. The van der Waals surface area contributed by atoms with E-state index in [9.17, 15) is 9.59 Å². The molecular formula is C15H19NO5. The fourth-order valence-electron chi connectivity index (χ4n) is 2.49. The van der Waals surface area contributed by atoms with Gasteiger partial charge in [0.25, 0.3) is 5.91 Å². The number of amides is 1. The molecule has 1 aliphatic heterocycles. The number of rotatable bonds is 5. The van der Waals surface area contributed by atoms with Crippen molar-refractivity contribution < 1.29 is 24.2 Å². The Morgan fingerprint density at radius 1 is 1.43 bits per heavy atom. The van der Waals surface area contributed by atoms with E-state index in [1.165, 1.54) is 4.90 Å². The van der Waals surface area contributed by atoms with Gasteiger partial charge in [-0.1, -0.05) is 0 Å². The standard InChI is InChI=1S/C15H19NO5/c1-10-8-11(5-6-13(10)20-2)21-9-14(17)16-7-3-4-12(16)15(18)19/h5-6,8,12H,3-4,7,9H2,1-2H3,(H,18,19)/t12-/m1/s1. The summed E-state index contributed by atoms with van der Waals surface area (Å²) in [5.41, 5.74) is 0.909. The van der Waals surface area contributed by atoms with E-state index in [2.05, 4.69) is 0 Å². The van der Waals surface area contributed by atoms with Crippen LogP contribution in [-0.2, 0) is 9.59 Å². The number of likely N-dealkylation sites (tertiary alicyclic amines) is 1. The van der Waals surface area contributed by atoms with Gasteiger partial charge in [0.15, 0.2) is 6.61 Å². The van der Waals surface area contributed by atoms with Crippen molar-refractivity contribution in [2.24, 2.45) is 0 Å². The number of aryl methyl sites for hydroxylation is 1. The number of nitrogens with zero attached hydrogens (tertiary/aromatic N) is 1. The quantitative estimate of drug-likeness (QED) is 0.889. The van der Waals surface area contributed by atoms with Crippen LogP contribution in [0.4, 0.5) is 0 Å². The monoisotopic (exact) mass is 293 g/mol. The molecule has 1 N–H and O–H groups in total. The minimum atomic E-state index is -0.957. The molecule has 21 heavy (non-hydrogen) atoms. The number of carboxylic acids is 1. The first-order chi connectivity index (χ1) is 10.0. The summed E-state index contributed by atoms with van der Waals surface area (Å²) in [5, 5.41) is 9.06. The minimum absolute atomic E-state index is 0.157. The van der Waals surface area contributed by atoms with Crippen LogP contribution >= 0.6 is 0 Å². The Kier molecular flexibility index (Phi) is 4.67. The summed E-state index contributed by atoms with van der Waals surface area (Å²) < 4.78 is 10.6. The molecule has 1 fully saturated rings. The molecule has 1 atom stereocenters. The maximum atomic E-state index is 12.1. The van der Waals surface area contributed by atoms with E-state index in [1.54, 1.807) is 25.3 Å². The third-order valence-electron chi connectivity index (χ3n) is 3.59. The molecule has 1 aromatic rings. The molecule has 2 rings (SSSR count). The van der Waals surface area contributed by atoms with Crippen LogP contribution in [0.1, 0.15) is 18.4 Å². The van der Waals surface area contributed by atoms with Crippen molar-refractivity contribution in [1.29, 1.82) is 0 Å². The van der Waals surface area contributed by atoms with Crippen molar-refractivity contribution in [2.75, 3.05) is 20.3 Å². The van der Waals surface area contributed by atoms with Gasteiger partial charge < -0.3 is 19.5 Å². The van der Waals surface area contributed by atoms with Crippen LogP contribution in [0.5, 0.6) is 11.5 Å². The van der Waals surface area contributed by atoms with Crippen molar-refractivity contribution in [1.82, 2.24) is 4.90 Å². The van der Waals surface area contributed by atoms with E-state index in [-0.39, 0.29) is 12.5 Å². The molecule has 0 aliphatic carbocycles. The SMILES string of the molecule is COc1ccc(OCC(=O)N2CCC[C@@H]2C(=O)O)cc1C. The van der Waals surface area contributed by atoms with Gasteiger partial charge >= 0.3 is 5.97 Å². The molecular weight excluding hydrogens is 274 g/mol. The molecule has 6 nitrogen and oxygen atoms in total. The Hall–Kier alpha value is -2.24. The summed E-state index contributed by atoms with van der Waals surface area (Å²) in [4.78, 5) is 24.5. The summed E-state index contributed by atoms with van der Waals surface area (Å²) in [6.45, 7) is 2.20. The highest BCUT2D eigenvalue weighted by Gasteiger charge is 2.33. The Bertz CT molecular complexity index is 543. The summed E-state index contributed by atoms with van der Waals surface area (Å²) in [6, 6.07) is 4.55. The zero-order valence-electron chi connectivity index (χ0n) is 12.2. The third kappa shape index (κ3) is 3.45. The molecule has 1 aromatic carbocycles. The zero-order chi connectivity index (χ0) is 15.4. The fourth-order valence-corrected chi connectivity index (χ4v) is 2.49. The number of aliphatic carboxylic acids is 1. The van der Waals surface area contributed by atoms with Gasteiger partial charge in [0, 0.05) is 6.54 Å². The summed E-state index contributed by atoms with van der Waals surface area (Å²) >= 11 is 0. The molecule has 0 saturated carbocycles. The van der Waals surface area contributed by atoms with Crippen LogP contribution in [0.15, 0.2) is 18.2 Å². The van der Waals surface area contributed by atoms with Crippen LogP contribution in [0, 0.1) is 6.92 Å². The van der Waals surface area contributed by atoms with Gasteiger partial charge in [-0.3, -0.25) is 4.79 Å². The predicted octanol–water partition coefficient (Wildman–Crippen LogP) is 1.46. The molecule has 0 spiro atoms. The third-order valence-corrected chi connectivity index (χ3v) is 3.59. The van der Waals surface area contributed by atoms with E-state index < -0.39 is 12.0 Å². The van der Waals surface area contributed by atoms with Crippen LogP contribution in [-0.4, -0.2) is 48.2 Å².